The molecule has 7 heteroatoms. The Kier molecular flexibility index (Phi) is 4.35. The lowest BCUT2D eigenvalue weighted by atomic mass is 10.1. The van der Waals surface area contributed by atoms with E-state index in [4.69, 9.17) is 0 Å². The van der Waals surface area contributed by atoms with Gasteiger partial charge in [-0.3, -0.25) is 9.59 Å². The zero-order chi connectivity index (χ0) is 19.0. The lowest BCUT2D eigenvalue weighted by Gasteiger charge is -2.35. The second-order valence-electron chi connectivity index (χ2n) is 6.73. The molecule has 1 aliphatic heterocycles. The minimum atomic E-state index is -0.118. The van der Waals surface area contributed by atoms with Crippen molar-refractivity contribution in [1.29, 1.82) is 0 Å². The van der Waals surface area contributed by atoms with Crippen LogP contribution in [0.3, 0.4) is 0 Å². The molecule has 4 rings (SSSR count). The molecule has 1 fully saturated rings. The van der Waals surface area contributed by atoms with Crippen molar-refractivity contribution in [2.45, 2.75) is 6.92 Å². The van der Waals surface area contributed by atoms with Crippen molar-refractivity contribution in [3.8, 4) is 0 Å². The SMILES string of the molecule is Cc1nc2cc(C(=O)N3CCN(c4ccccn4)CC3)ccc2n(C)c1=O. The number of rotatable bonds is 2. The molecule has 1 saturated heterocycles. The number of nitrogens with zero attached hydrogens (tertiary/aromatic N) is 5. The average Bonchev–Trinajstić information content (AvgIpc) is 2.72. The minimum Gasteiger partial charge on any atom is -0.353 e. The predicted molar refractivity (Wildman–Crippen MR) is 104 cm³/mol. The first-order valence-electron chi connectivity index (χ1n) is 8.97. The topological polar surface area (TPSA) is 71.3 Å². The van der Waals surface area contributed by atoms with Crippen LogP contribution in [-0.2, 0) is 7.05 Å². The molecule has 1 amide bonds. The molecule has 7 nitrogen and oxygen atoms in total. The Labute approximate surface area is 156 Å². The number of fused-ring (bicyclic) bond motifs is 1. The van der Waals surface area contributed by atoms with Crippen LogP contribution in [0, 0.1) is 6.92 Å². The van der Waals surface area contributed by atoms with Gasteiger partial charge in [-0.25, -0.2) is 9.97 Å². The van der Waals surface area contributed by atoms with E-state index in [1.807, 2.05) is 23.1 Å². The number of aryl methyl sites for hydroxylation is 2. The highest BCUT2D eigenvalue weighted by molar-refractivity contribution is 5.97. The van der Waals surface area contributed by atoms with Crippen molar-refractivity contribution in [2.75, 3.05) is 31.1 Å². The van der Waals surface area contributed by atoms with Crippen LogP contribution in [0.1, 0.15) is 16.1 Å². The highest BCUT2D eigenvalue weighted by Gasteiger charge is 2.23. The third-order valence-corrected chi connectivity index (χ3v) is 5.03. The molecule has 3 aromatic rings. The van der Waals surface area contributed by atoms with Crippen LogP contribution in [-0.4, -0.2) is 51.5 Å². The Balaban J connectivity index is 1.53. The molecule has 1 aromatic carbocycles. The summed E-state index contributed by atoms with van der Waals surface area (Å²) in [6.45, 7) is 4.48. The molecule has 1 aliphatic rings. The van der Waals surface area contributed by atoms with E-state index in [0.29, 0.717) is 29.9 Å². The smallest absolute Gasteiger partial charge is 0.272 e. The van der Waals surface area contributed by atoms with Crippen molar-refractivity contribution >= 4 is 22.8 Å². The Morgan fingerprint density at radius 3 is 2.56 bits per heavy atom. The van der Waals surface area contributed by atoms with Gasteiger partial charge in [0.1, 0.15) is 11.5 Å². The normalized spacial score (nSPS) is 14.6. The van der Waals surface area contributed by atoms with Crippen LogP contribution in [0.5, 0.6) is 0 Å². The van der Waals surface area contributed by atoms with E-state index in [-0.39, 0.29) is 11.5 Å². The van der Waals surface area contributed by atoms with Gasteiger partial charge in [-0.2, -0.15) is 0 Å². The van der Waals surface area contributed by atoms with Gasteiger partial charge in [0, 0.05) is 45.0 Å². The van der Waals surface area contributed by atoms with E-state index in [1.165, 1.54) is 0 Å². The molecule has 0 saturated carbocycles. The molecule has 0 atom stereocenters. The second kappa shape index (κ2) is 6.83. The Morgan fingerprint density at radius 2 is 1.85 bits per heavy atom. The Bertz CT molecular complexity index is 1050. The largest absolute Gasteiger partial charge is 0.353 e. The molecule has 0 N–H and O–H groups in total. The standard InChI is InChI=1S/C20H21N5O2/c1-14-19(26)23(2)17-7-6-15(13-16(17)22-14)20(27)25-11-9-24(10-12-25)18-5-3-4-8-21-18/h3-8,13H,9-12H2,1-2H3. The molecule has 0 aliphatic carbocycles. The van der Waals surface area contributed by atoms with Gasteiger partial charge in [0.05, 0.1) is 11.0 Å². The summed E-state index contributed by atoms with van der Waals surface area (Å²) in [5.41, 5.74) is 2.29. The molecule has 0 spiro atoms. The van der Waals surface area contributed by atoms with Crippen molar-refractivity contribution in [2.24, 2.45) is 7.05 Å². The van der Waals surface area contributed by atoms with Gasteiger partial charge in [0.2, 0.25) is 0 Å². The van der Waals surface area contributed by atoms with Crippen molar-refractivity contribution < 1.29 is 4.79 Å². The average molecular weight is 363 g/mol. The van der Waals surface area contributed by atoms with Gasteiger partial charge < -0.3 is 14.4 Å². The molecule has 0 radical (unpaired) electrons. The summed E-state index contributed by atoms with van der Waals surface area (Å²) in [4.78, 5) is 37.7. The van der Waals surface area contributed by atoms with Crippen molar-refractivity contribution in [3.63, 3.8) is 0 Å². The quantitative estimate of drug-likeness (QED) is 0.692. The van der Waals surface area contributed by atoms with Gasteiger partial charge in [-0.1, -0.05) is 6.07 Å². The first-order valence-corrected chi connectivity index (χ1v) is 8.97. The summed E-state index contributed by atoms with van der Waals surface area (Å²) in [6, 6.07) is 11.2. The number of aromatic nitrogens is 3. The number of pyridine rings is 1. The monoisotopic (exact) mass is 363 g/mol. The number of hydrogen-bond acceptors (Lipinski definition) is 5. The first-order chi connectivity index (χ1) is 13.0. The first kappa shape index (κ1) is 17.2. The zero-order valence-electron chi connectivity index (χ0n) is 15.4. The third kappa shape index (κ3) is 3.16. The summed E-state index contributed by atoms with van der Waals surface area (Å²) in [5.74, 6) is 0.932. The molecule has 27 heavy (non-hydrogen) atoms. The van der Waals surface area contributed by atoms with Crippen LogP contribution >= 0.6 is 0 Å². The summed E-state index contributed by atoms with van der Waals surface area (Å²) >= 11 is 0. The van der Waals surface area contributed by atoms with Crippen molar-refractivity contribution in [1.82, 2.24) is 19.4 Å². The summed E-state index contributed by atoms with van der Waals surface area (Å²) in [6.07, 6.45) is 1.78. The van der Waals surface area contributed by atoms with Crippen LogP contribution in [0.4, 0.5) is 5.82 Å². The highest BCUT2D eigenvalue weighted by Crippen LogP contribution is 2.17. The van der Waals surface area contributed by atoms with Gasteiger partial charge in [-0.15, -0.1) is 0 Å². The number of carbonyl (C=O) groups is 1. The predicted octanol–water partition coefficient (Wildman–Crippen LogP) is 1.60. The summed E-state index contributed by atoms with van der Waals surface area (Å²) in [7, 11) is 1.72. The number of piperazine rings is 1. The van der Waals surface area contributed by atoms with Crippen LogP contribution in [0.15, 0.2) is 47.4 Å². The van der Waals surface area contributed by atoms with Crippen LogP contribution < -0.4 is 10.5 Å². The summed E-state index contributed by atoms with van der Waals surface area (Å²) < 4.78 is 1.57. The number of amides is 1. The van der Waals surface area contributed by atoms with E-state index < -0.39 is 0 Å². The fourth-order valence-corrected chi connectivity index (χ4v) is 3.47. The molecular formula is C20H21N5O2. The van der Waals surface area contributed by atoms with E-state index in [0.717, 1.165) is 24.4 Å². The maximum Gasteiger partial charge on any atom is 0.272 e. The fraction of sp³-hybridized carbons (Fsp3) is 0.300. The maximum atomic E-state index is 12.9. The molecule has 138 valence electrons. The summed E-state index contributed by atoms with van der Waals surface area (Å²) in [5, 5.41) is 0. The van der Waals surface area contributed by atoms with Crippen LogP contribution in [0.25, 0.3) is 11.0 Å². The highest BCUT2D eigenvalue weighted by atomic mass is 16.2. The molecule has 0 bridgehead atoms. The zero-order valence-corrected chi connectivity index (χ0v) is 15.4. The number of benzene rings is 1. The lowest BCUT2D eigenvalue weighted by molar-refractivity contribution is 0.0746. The number of carbonyl (C=O) groups excluding carboxylic acids is 1. The van der Waals surface area contributed by atoms with E-state index in [2.05, 4.69) is 14.9 Å². The van der Waals surface area contributed by atoms with Crippen molar-refractivity contribution in [3.05, 3.63) is 64.2 Å². The Morgan fingerprint density at radius 1 is 1.07 bits per heavy atom. The lowest BCUT2D eigenvalue weighted by Crippen LogP contribution is -2.49. The maximum absolute atomic E-state index is 12.9. The molecular weight excluding hydrogens is 342 g/mol. The molecule has 2 aromatic heterocycles. The van der Waals surface area contributed by atoms with Gasteiger partial charge in [0.15, 0.2) is 0 Å². The minimum absolute atomic E-state index is 0.00845. The molecule has 3 heterocycles. The van der Waals surface area contributed by atoms with E-state index in [9.17, 15) is 9.59 Å². The molecule has 0 unspecified atom stereocenters. The van der Waals surface area contributed by atoms with E-state index >= 15 is 0 Å². The number of anilines is 1. The van der Waals surface area contributed by atoms with Crippen LogP contribution in [0.2, 0.25) is 0 Å². The second-order valence-corrected chi connectivity index (χ2v) is 6.73. The van der Waals surface area contributed by atoms with Gasteiger partial charge >= 0.3 is 0 Å². The van der Waals surface area contributed by atoms with E-state index in [1.54, 1.807) is 42.9 Å². The van der Waals surface area contributed by atoms with Gasteiger partial charge in [0.25, 0.3) is 11.5 Å². The Hall–Kier alpha value is -3.22. The fourth-order valence-electron chi connectivity index (χ4n) is 3.47. The number of hydrogen-bond donors (Lipinski definition) is 0. The third-order valence-electron chi connectivity index (χ3n) is 5.03. The van der Waals surface area contributed by atoms with Gasteiger partial charge in [-0.05, 0) is 37.3 Å².